The number of hydrogen-bond donors (Lipinski definition) is 1. The van der Waals surface area contributed by atoms with Gasteiger partial charge in [-0.15, -0.1) is 0 Å². The summed E-state index contributed by atoms with van der Waals surface area (Å²) in [5, 5.41) is 8.91. The van der Waals surface area contributed by atoms with Gasteiger partial charge in [-0.2, -0.15) is 39.5 Å². The van der Waals surface area contributed by atoms with E-state index < -0.39 is 42.0 Å². The Hall–Kier alpha value is -0.930. The van der Waals surface area contributed by atoms with E-state index >= 15 is 0 Å². The highest BCUT2D eigenvalue weighted by Crippen LogP contribution is 2.51. The second kappa shape index (κ2) is 5.12. The third-order valence-electron chi connectivity index (χ3n) is 2.75. The van der Waals surface area contributed by atoms with Crippen LogP contribution in [0.2, 0.25) is 0 Å². The summed E-state index contributed by atoms with van der Waals surface area (Å²) >= 11 is 0. The Morgan fingerprint density at radius 2 is 1.10 bits per heavy atom. The van der Waals surface area contributed by atoms with Gasteiger partial charge in [0.15, 0.2) is 11.0 Å². The molecule has 0 aromatic heterocycles. The lowest BCUT2D eigenvalue weighted by Gasteiger charge is -2.31. The number of allylic oxidation sites excluding steroid dienone is 1. The van der Waals surface area contributed by atoms with Gasteiger partial charge in [-0.25, -0.2) is 0 Å². The predicted molar refractivity (Wildman–Crippen MR) is 50.7 cm³/mol. The van der Waals surface area contributed by atoms with Gasteiger partial charge in [0.2, 0.25) is 0 Å². The van der Waals surface area contributed by atoms with Gasteiger partial charge in [0.25, 0.3) is 0 Å². The summed E-state index contributed by atoms with van der Waals surface area (Å²) in [5.41, 5.74) is -7.71. The number of hydrogen-bond acceptors (Lipinski definition) is 1. The van der Waals surface area contributed by atoms with Crippen LogP contribution in [0.4, 0.5) is 39.5 Å². The Bertz CT molecular complexity index is 344. The molecule has 0 aliphatic rings. The highest BCUT2D eigenvalue weighted by Gasteiger charge is 2.66. The molecule has 1 nitrogen and oxygen atoms in total. The molecule has 0 aromatic carbocycles. The van der Waals surface area contributed by atoms with Crippen molar-refractivity contribution in [3.05, 3.63) is 12.2 Å². The monoisotopic (exact) mass is 318 g/mol. The van der Waals surface area contributed by atoms with Gasteiger partial charge < -0.3 is 5.11 Å². The smallest absolute Gasteiger partial charge is 0.380 e. The van der Waals surface area contributed by atoms with Crippen LogP contribution >= 0.6 is 0 Å². The molecule has 0 aliphatic carbocycles. The Morgan fingerprint density at radius 1 is 0.750 bits per heavy atom. The van der Waals surface area contributed by atoms with E-state index in [4.69, 9.17) is 5.11 Å². The SMILES string of the molecule is CC(O)(C/C=C\C(C)(C(F)(F)F)C(F)(F)F)C(F)(F)F. The van der Waals surface area contributed by atoms with E-state index in [1.54, 1.807) is 0 Å². The van der Waals surface area contributed by atoms with Crippen LogP contribution in [0.3, 0.4) is 0 Å². The summed E-state index contributed by atoms with van der Waals surface area (Å²) in [5.74, 6) is 0. The first-order valence-electron chi connectivity index (χ1n) is 5.06. The van der Waals surface area contributed by atoms with Crippen molar-refractivity contribution in [1.82, 2.24) is 0 Å². The van der Waals surface area contributed by atoms with Crippen molar-refractivity contribution in [1.29, 1.82) is 0 Å². The van der Waals surface area contributed by atoms with Crippen molar-refractivity contribution in [2.75, 3.05) is 0 Å². The number of aliphatic hydroxyl groups is 1. The second-order valence-corrected chi connectivity index (χ2v) is 4.58. The lowest BCUT2D eigenvalue weighted by Crippen LogP contribution is -2.46. The number of rotatable bonds is 3. The van der Waals surface area contributed by atoms with Gasteiger partial charge in [0, 0.05) is 6.42 Å². The van der Waals surface area contributed by atoms with Crippen molar-refractivity contribution >= 4 is 0 Å². The summed E-state index contributed by atoms with van der Waals surface area (Å²) in [7, 11) is 0. The van der Waals surface area contributed by atoms with Gasteiger partial charge in [0.05, 0.1) is 0 Å². The fourth-order valence-electron chi connectivity index (χ4n) is 0.990. The van der Waals surface area contributed by atoms with Gasteiger partial charge >= 0.3 is 18.5 Å². The predicted octanol–water partition coefficient (Wildman–Crippen LogP) is 4.38. The first-order chi connectivity index (χ1) is 8.46. The van der Waals surface area contributed by atoms with Crippen LogP contribution in [0.5, 0.6) is 0 Å². The number of halogens is 9. The third-order valence-corrected chi connectivity index (χ3v) is 2.75. The van der Waals surface area contributed by atoms with Gasteiger partial charge in [-0.05, 0) is 13.8 Å². The van der Waals surface area contributed by atoms with Crippen molar-refractivity contribution in [2.45, 2.75) is 44.4 Å². The molecular weight excluding hydrogens is 307 g/mol. The summed E-state index contributed by atoms with van der Waals surface area (Å²) in [6, 6.07) is 0. The summed E-state index contributed by atoms with van der Waals surface area (Å²) in [4.78, 5) is 0. The molecule has 120 valence electrons. The first-order valence-corrected chi connectivity index (χ1v) is 5.06. The molecule has 0 aromatic rings. The molecule has 0 rings (SSSR count). The quantitative estimate of drug-likeness (QED) is 0.605. The Balaban J connectivity index is 5.31. The molecule has 1 unspecified atom stereocenters. The maximum atomic E-state index is 12.4. The lowest BCUT2D eigenvalue weighted by atomic mass is 9.87. The van der Waals surface area contributed by atoms with Crippen molar-refractivity contribution in [3.8, 4) is 0 Å². The Kier molecular flexibility index (Phi) is 4.88. The highest BCUT2D eigenvalue weighted by molar-refractivity contribution is 5.08. The Morgan fingerprint density at radius 3 is 1.35 bits per heavy atom. The molecule has 0 spiro atoms. The van der Waals surface area contributed by atoms with E-state index in [1.807, 2.05) is 0 Å². The molecule has 1 atom stereocenters. The topological polar surface area (TPSA) is 20.2 Å². The fraction of sp³-hybridized carbons (Fsp3) is 0.800. The van der Waals surface area contributed by atoms with Crippen molar-refractivity contribution < 1.29 is 44.6 Å². The molecule has 0 heterocycles. The summed E-state index contributed by atoms with van der Waals surface area (Å²) < 4.78 is 111. The van der Waals surface area contributed by atoms with E-state index in [-0.39, 0.29) is 19.9 Å². The maximum absolute atomic E-state index is 12.4. The number of alkyl halides is 9. The first kappa shape index (κ1) is 19.1. The molecule has 0 aliphatic heterocycles. The molecule has 0 saturated heterocycles. The van der Waals surface area contributed by atoms with Crippen molar-refractivity contribution in [2.24, 2.45) is 5.41 Å². The molecule has 0 radical (unpaired) electrons. The van der Waals surface area contributed by atoms with E-state index in [9.17, 15) is 39.5 Å². The Labute approximate surface area is 108 Å². The average Bonchev–Trinajstić information content (AvgIpc) is 2.11. The maximum Gasteiger partial charge on any atom is 0.417 e. The zero-order valence-corrected chi connectivity index (χ0v) is 10.2. The van der Waals surface area contributed by atoms with Crippen LogP contribution in [0.25, 0.3) is 0 Å². The standard InChI is InChI=1S/C10H11F9O/c1-6(8(11,12)13,9(14,15)16)4-3-5-7(2,20)10(17,18)19/h3-4,20H,5H2,1-2H3/b4-3-. The molecule has 10 heteroatoms. The highest BCUT2D eigenvalue weighted by atomic mass is 19.4. The van der Waals surface area contributed by atoms with Crippen molar-refractivity contribution in [3.63, 3.8) is 0 Å². The van der Waals surface area contributed by atoms with Gasteiger partial charge in [0.1, 0.15) is 0 Å². The molecule has 0 fully saturated rings. The lowest BCUT2D eigenvalue weighted by molar-refractivity contribution is -0.314. The normalized spacial score (nSPS) is 18.4. The van der Waals surface area contributed by atoms with Crippen LogP contribution in [0.15, 0.2) is 12.2 Å². The van der Waals surface area contributed by atoms with E-state index in [2.05, 4.69) is 0 Å². The average molecular weight is 318 g/mol. The van der Waals surface area contributed by atoms with E-state index in [0.29, 0.717) is 0 Å². The van der Waals surface area contributed by atoms with Crippen LogP contribution in [-0.4, -0.2) is 29.2 Å². The minimum absolute atomic E-state index is 0.0223. The molecule has 20 heavy (non-hydrogen) atoms. The molecular formula is C10H11F9O. The minimum Gasteiger partial charge on any atom is -0.380 e. The molecule has 1 N–H and O–H groups in total. The second-order valence-electron chi connectivity index (χ2n) is 4.58. The fourth-order valence-corrected chi connectivity index (χ4v) is 0.990. The summed E-state index contributed by atoms with van der Waals surface area (Å²) in [6.45, 7) is 0.0433. The van der Waals surface area contributed by atoms with Crippen LogP contribution in [0, 0.1) is 5.41 Å². The largest absolute Gasteiger partial charge is 0.417 e. The minimum atomic E-state index is -5.73. The molecule has 0 bridgehead atoms. The zero-order valence-electron chi connectivity index (χ0n) is 10.2. The van der Waals surface area contributed by atoms with Crippen LogP contribution in [-0.2, 0) is 0 Å². The van der Waals surface area contributed by atoms with E-state index in [0.717, 1.165) is 0 Å². The van der Waals surface area contributed by atoms with Gasteiger partial charge in [-0.3, -0.25) is 0 Å². The van der Waals surface area contributed by atoms with E-state index in [1.165, 1.54) is 0 Å². The van der Waals surface area contributed by atoms with Gasteiger partial charge in [-0.1, -0.05) is 12.2 Å². The molecule has 0 amide bonds. The molecule has 0 saturated carbocycles. The van der Waals surface area contributed by atoms with Crippen LogP contribution in [0.1, 0.15) is 20.3 Å². The third kappa shape index (κ3) is 3.80. The van der Waals surface area contributed by atoms with Crippen LogP contribution < -0.4 is 0 Å². The zero-order chi connectivity index (χ0) is 16.6. The summed E-state index contributed by atoms with van der Waals surface area (Å²) in [6.07, 6.45) is -18.5.